The third kappa shape index (κ3) is 3.06. The summed E-state index contributed by atoms with van der Waals surface area (Å²) in [5.41, 5.74) is 7.10. The van der Waals surface area contributed by atoms with Crippen molar-refractivity contribution in [2.45, 2.75) is 18.4 Å². The SMILES string of the molecule is Cc1cccc(N(C)S(=O)(=O)c2ccc(F)c(CN)c2)c1. The molecule has 0 amide bonds. The van der Waals surface area contributed by atoms with Crippen LogP contribution >= 0.6 is 0 Å². The summed E-state index contributed by atoms with van der Waals surface area (Å²) in [6, 6.07) is 10.8. The van der Waals surface area contributed by atoms with Gasteiger partial charge in [-0.2, -0.15) is 0 Å². The lowest BCUT2D eigenvalue weighted by molar-refractivity contribution is 0.591. The lowest BCUT2D eigenvalue weighted by atomic mass is 10.2. The molecule has 0 heterocycles. The highest BCUT2D eigenvalue weighted by atomic mass is 32.2. The first-order valence-electron chi connectivity index (χ1n) is 6.40. The second-order valence-electron chi connectivity index (χ2n) is 4.77. The molecule has 0 aliphatic heterocycles. The number of halogens is 1. The van der Waals surface area contributed by atoms with Gasteiger partial charge in [-0.25, -0.2) is 12.8 Å². The molecule has 21 heavy (non-hydrogen) atoms. The van der Waals surface area contributed by atoms with Crippen molar-refractivity contribution >= 4 is 15.7 Å². The van der Waals surface area contributed by atoms with Crippen LogP contribution in [0.15, 0.2) is 47.4 Å². The maximum Gasteiger partial charge on any atom is 0.264 e. The minimum atomic E-state index is -3.75. The topological polar surface area (TPSA) is 63.4 Å². The van der Waals surface area contributed by atoms with E-state index in [0.717, 1.165) is 11.6 Å². The number of hydrogen-bond donors (Lipinski definition) is 1. The van der Waals surface area contributed by atoms with Gasteiger partial charge in [0.05, 0.1) is 10.6 Å². The fourth-order valence-corrected chi connectivity index (χ4v) is 3.23. The second-order valence-corrected chi connectivity index (χ2v) is 6.74. The van der Waals surface area contributed by atoms with Crippen molar-refractivity contribution in [1.82, 2.24) is 0 Å². The molecule has 0 aromatic heterocycles. The summed E-state index contributed by atoms with van der Waals surface area (Å²) in [6.07, 6.45) is 0. The van der Waals surface area contributed by atoms with Gasteiger partial charge >= 0.3 is 0 Å². The Morgan fingerprint density at radius 2 is 1.90 bits per heavy atom. The lowest BCUT2D eigenvalue weighted by Crippen LogP contribution is -2.26. The van der Waals surface area contributed by atoms with E-state index < -0.39 is 15.8 Å². The predicted molar refractivity (Wildman–Crippen MR) is 81.1 cm³/mol. The number of benzene rings is 2. The fraction of sp³-hybridized carbons (Fsp3) is 0.200. The van der Waals surface area contributed by atoms with Crippen LogP contribution in [-0.4, -0.2) is 15.5 Å². The molecule has 0 aliphatic rings. The van der Waals surface area contributed by atoms with E-state index in [1.165, 1.54) is 23.5 Å². The third-order valence-corrected chi connectivity index (χ3v) is 5.04. The molecular formula is C15H17FN2O2S. The quantitative estimate of drug-likeness (QED) is 0.943. The number of aryl methyl sites for hydroxylation is 1. The maximum absolute atomic E-state index is 13.4. The van der Waals surface area contributed by atoms with Gasteiger partial charge in [0, 0.05) is 19.2 Å². The lowest BCUT2D eigenvalue weighted by Gasteiger charge is -2.20. The first kappa shape index (κ1) is 15.5. The summed E-state index contributed by atoms with van der Waals surface area (Å²) in [5.74, 6) is -0.505. The number of hydrogen-bond acceptors (Lipinski definition) is 3. The smallest absolute Gasteiger partial charge is 0.264 e. The minimum absolute atomic E-state index is 0.0216. The molecule has 4 nitrogen and oxygen atoms in total. The number of anilines is 1. The summed E-state index contributed by atoms with van der Waals surface area (Å²) in [5, 5.41) is 0. The van der Waals surface area contributed by atoms with E-state index >= 15 is 0 Å². The van der Waals surface area contributed by atoms with Gasteiger partial charge < -0.3 is 5.73 Å². The monoisotopic (exact) mass is 308 g/mol. The van der Waals surface area contributed by atoms with Crippen LogP contribution < -0.4 is 10.0 Å². The molecule has 2 rings (SSSR count). The van der Waals surface area contributed by atoms with E-state index in [-0.39, 0.29) is 17.0 Å². The first-order valence-corrected chi connectivity index (χ1v) is 7.84. The zero-order valence-corrected chi connectivity index (χ0v) is 12.7. The Kier molecular flexibility index (Phi) is 4.29. The van der Waals surface area contributed by atoms with Gasteiger partial charge in [-0.05, 0) is 42.8 Å². The van der Waals surface area contributed by atoms with Gasteiger partial charge in [-0.1, -0.05) is 12.1 Å². The first-order chi connectivity index (χ1) is 9.86. The van der Waals surface area contributed by atoms with Gasteiger partial charge in [-0.3, -0.25) is 4.31 Å². The van der Waals surface area contributed by atoms with E-state index in [9.17, 15) is 12.8 Å². The normalized spacial score (nSPS) is 11.4. The molecule has 0 radical (unpaired) electrons. The molecule has 0 fully saturated rings. The van der Waals surface area contributed by atoms with Crippen molar-refractivity contribution in [3.05, 3.63) is 59.4 Å². The molecule has 0 aliphatic carbocycles. The van der Waals surface area contributed by atoms with Crippen LogP contribution in [-0.2, 0) is 16.6 Å². The van der Waals surface area contributed by atoms with E-state index in [4.69, 9.17) is 5.73 Å². The van der Waals surface area contributed by atoms with Crippen molar-refractivity contribution in [3.8, 4) is 0 Å². The van der Waals surface area contributed by atoms with Crippen molar-refractivity contribution < 1.29 is 12.8 Å². The van der Waals surface area contributed by atoms with Crippen molar-refractivity contribution in [2.75, 3.05) is 11.4 Å². The van der Waals surface area contributed by atoms with Gasteiger partial charge in [0.15, 0.2) is 0 Å². The van der Waals surface area contributed by atoms with E-state index in [1.54, 1.807) is 18.2 Å². The molecular weight excluding hydrogens is 291 g/mol. The van der Waals surface area contributed by atoms with Crippen molar-refractivity contribution in [1.29, 1.82) is 0 Å². The van der Waals surface area contributed by atoms with Crippen LogP contribution in [0, 0.1) is 12.7 Å². The number of rotatable bonds is 4. The van der Waals surface area contributed by atoms with Crippen LogP contribution in [0.5, 0.6) is 0 Å². The molecule has 2 aromatic rings. The number of sulfonamides is 1. The van der Waals surface area contributed by atoms with Gasteiger partial charge in [-0.15, -0.1) is 0 Å². The van der Waals surface area contributed by atoms with Crippen LogP contribution in [0.4, 0.5) is 10.1 Å². The largest absolute Gasteiger partial charge is 0.326 e. The molecule has 0 saturated heterocycles. The maximum atomic E-state index is 13.4. The highest BCUT2D eigenvalue weighted by Crippen LogP contribution is 2.24. The standard InChI is InChI=1S/C15H17FN2O2S/c1-11-4-3-5-13(8-11)18(2)21(19,20)14-6-7-15(16)12(9-14)10-17/h3-9H,10,17H2,1-2H3. The molecule has 0 spiro atoms. The Hall–Kier alpha value is -1.92. The Labute approximate surface area is 124 Å². The molecule has 2 aromatic carbocycles. The zero-order chi connectivity index (χ0) is 15.6. The Morgan fingerprint density at radius 3 is 2.52 bits per heavy atom. The average molecular weight is 308 g/mol. The molecule has 0 bridgehead atoms. The van der Waals surface area contributed by atoms with E-state index in [2.05, 4.69) is 0 Å². The van der Waals surface area contributed by atoms with E-state index in [1.807, 2.05) is 13.0 Å². The highest BCUT2D eigenvalue weighted by Gasteiger charge is 2.22. The molecule has 112 valence electrons. The molecule has 0 unspecified atom stereocenters. The number of nitrogens with two attached hydrogens (primary N) is 1. The molecule has 2 N–H and O–H groups in total. The van der Waals surface area contributed by atoms with Crippen LogP contribution in [0.1, 0.15) is 11.1 Å². The number of nitrogens with zero attached hydrogens (tertiary/aromatic N) is 1. The summed E-state index contributed by atoms with van der Waals surface area (Å²) < 4.78 is 39.8. The Morgan fingerprint density at radius 1 is 1.19 bits per heavy atom. The minimum Gasteiger partial charge on any atom is -0.326 e. The summed E-state index contributed by atoms with van der Waals surface area (Å²) in [6.45, 7) is 1.83. The molecule has 0 atom stereocenters. The predicted octanol–water partition coefficient (Wildman–Crippen LogP) is 2.42. The van der Waals surface area contributed by atoms with Crippen LogP contribution in [0.3, 0.4) is 0 Å². The van der Waals surface area contributed by atoms with Crippen molar-refractivity contribution in [2.24, 2.45) is 5.73 Å². The third-order valence-electron chi connectivity index (χ3n) is 3.26. The second kappa shape index (κ2) is 5.83. The highest BCUT2D eigenvalue weighted by molar-refractivity contribution is 7.92. The van der Waals surface area contributed by atoms with Crippen molar-refractivity contribution in [3.63, 3.8) is 0 Å². The summed E-state index contributed by atoms with van der Waals surface area (Å²) >= 11 is 0. The summed E-state index contributed by atoms with van der Waals surface area (Å²) in [7, 11) is -2.28. The average Bonchev–Trinajstić information content (AvgIpc) is 2.46. The van der Waals surface area contributed by atoms with Crippen LogP contribution in [0.25, 0.3) is 0 Å². The summed E-state index contributed by atoms with van der Waals surface area (Å²) in [4.78, 5) is 0.0216. The fourth-order valence-electron chi connectivity index (χ4n) is 1.99. The Balaban J connectivity index is 2.46. The zero-order valence-electron chi connectivity index (χ0n) is 11.9. The molecule has 6 heteroatoms. The molecule has 0 saturated carbocycles. The van der Waals surface area contributed by atoms with Crippen LogP contribution in [0.2, 0.25) is 0 Å². The van der Waals surface area contributed by atoms with E-state index in [0.29, 0.717) is 5.69 Å². The Bertz CT molecular complexity index is 760. The van der Waals surface area contributed by atoms with Gasteiger partial charge in [0.1, 0.15) is 5.82 Å². The van der Waals surface area contributed by atoms with Gasteiger partial charge in [0.2, 0.25) is 0 Å². The van der Waals surface area contributed by atoms with Gasteiger partial charge in [0.25, 0.3) is 10.0 Å².